The normalized spacial score (nSPS) is 20.5. The molecule has 0 aromatic rings. The maximum atomic E-state index is 12.9. The molecule has 4 N–H and O–H groups in total. The summed E-state index contributed by atoms with van der Waals surface area (Å²) in [4.78, 5) is 12.9. The third kappa shape index (κ3) is 33.3. The lowest BCUT2D eigenvalue weighted by Gasteiger charge is -2.41. The van der Waals surface area contributed by atoms with Crippen molar-refractivity contribution in [2.75, 3.05) is 26.4 Å². The molecule has 1 saturated heterocycles. The van der Waals surface area contributed by atoms with Gasteiger partial charge in [0.25, 0.3) is 0 Å². The van der Waals surface area contributed by atoms with Crippen molar-refractivity contribution in [2.24, 2.45) is 0 Å². The molecule has 1 heterocycles. The minimum absolute atomic E-state index is 0.0242. The second-order valence-corrected chi connectivity index (χ2v) is 17.4. The zero-order valence-electron chi connectivity index (χ0n) is 38.0. The number of unbranched alkanes of at least 4 members (excludes halogenated alkanes) is 20. The first kappa shape index (κ1) is 57.1. The largest absolute Gasteiger partial charge is 0.457 e. The predicted molar refractivity (Wildman–Crippen MR) is 243 cm³/mol. The van der Waals surface area contributed by atoms with Crippen LogP contribution in [0.5, 0.6) is 0 Å². The van der Waals surface area contributed by atoms with Crippen molar-refractivity contribution in [3.05, 3.63) is 48.6 Å². The van der Waals surface area contributed by atoms with Gasteiger partial charge >= 0.3 is 16.4 Å². The van der Waals surface area contributed by atoms with Gasteiger partial charge in [-0.05, 0) is 51.4 Å². The van der Waals surface area contributed by atoms with E-state index in [2.05, 4.69) is 66.6 Å². The van der Waals surface area contributed by atoms with Gasteiger partial charge < -0.3 is 34.3 Å². The first-order valence-corrected chi connectivity index (χ1v) is 25.3. The number of ether oxygens (including phenoxy) is 4. The molecule has 1 aliphatic heterocycles. The zero-order chi connectivity index (χ0) is 44.7. The molecular formula is C48H86O12S. The first-order chi connectivity index (χ1) is 29.6. The van der Waals surface area contributed by atoms with E-state index in [1.165, 1.54) is 77.0 Å². The maximum absolute atomic E-state index is 12.9. The molecule has 61 heavy (non-hydrogen) atoms. The molecule has 356 valence electrons. The van der Waals surface area contributed by atoms with E-state index in [9.17, 15) is 33.1 Å². The van der Waals surface area contributed by atoms with E-state index >= 15 is 0 Å². The second-order valence-electron chi connectivity index (χ2n) is 16.3. The number of rotatable bonds is 41. The molecule has 0 radical (unpaired) electrons. The molecule has 12 nitrogen and oxygen atoms in total. The highest BCUT2D eigenvalue weighted by atomic mass is 32.3. The smallest absolute Gasteiger partial charge is 0.397 e. The van der Waals surface area contributed by atoms with Crippen LogP contribution in [-0.4, -0.2) is 97.5 Å². The lowest BCUT2D eigenvalue weighted by Crippen LogP contribution is -2.60. The average Bonchev–Trinajstić information content (AvgIpc) is 3.23. The van der Waals surface area contributed by atoms with Crippen LogP contribution >= 0.6 is 0 Å². The second kappa shape index (κ2) is 39.6. The molecule has 6 unspecified atom stereocenters. The Bertz CT molecular complexity index is 1250. The van der Waals surface area contributed by atoms with E-state index in [4.69, 9.17) is 18.9 Å². The van der Waals surface area contributed by atoms with Gasteiger partial charge in [-0.15, -0.1) is 0 Å². The zero-order valence-corrected chi connectivity index (χ0v) is 38.8. The van der Waals surface area contributed by atoms with E-state index in [0.29, 0.717) is 13.0 Å². The van der Waals surface area contributed by atoms with E-state index in [1.807, 2.05) is 0 Å². The van der Waals surface area contributed by atoms with Crippen LogP contribution in [-0.2, 0) is 38.3 Å². The quantitative estimate of drug-likeness (QED) is 0.0198. The van der Waals surface area contributed by atoms with Crippen LogP contribution in [0.25, 0.3) is 0 Å². The van der Waals surface area contributed by atoms with Gasteiger partial charge in [-0.2, -0.15) is 8.42 Å². The van der Waals surface area contributed by atoms with Crippen LogP contribution in [0.15, 0.2) is 48.6 Å². The monoisotopic (exact) mass is 887 g/mol. The summed E-state index contributed by atoms with van der Waals surface area (Å²) >= 11 is 0. The van der Waals surface area contributed by atoms with Crippen LogP contribution in [0.2, 0.25) is 0 Å². The molecule has 13 heteroatoms. The number of allylic oxidation sites excluding steroid dienone is 8. The Labute approximate surface area is 370 Å². The van der Waals surface area contributed by atoms with Gasteiger partial charge in [0.05, 0.1) is 19.8 Å². The number of carbonyl (C=O) groups excluding carboxylic acids is 1. The number of carbonyl (C=O) groups is 1. The Balaban J connectivity index is 2.42. The van der Waals surface area contributed by atoms with Gasteiger partial charge in [0, 0.05) is 13.0 Å². The fraction of sp³-hybridized carbons (Fsp3) is 0.812. The molecule has 0 spiro atoms. The van der Waals surface area contributed by atoms with Crippen molar-refractivity contribution >= 4 is 16.4 Å². The molecule has 0 amide bonds. The van der Waals surface area contributed by atoms with Gasteiger partial charge in [-0.3, -0.25) is 9.35 Å². The van der Waals surface area contributed by atoms with Crippen molar-refractivity contribution in [1.82, 2.24) is 0 Å². The average molecular weight is 887 g/mol. The molecule has 6 atom stereocenters. The van der Waals surface area contributed by atoms with E-state index in [-0.39, 0.29) is 19.6 Å². The van der Waals surface area contributed by atoms with Crippen LogP contribution < -0.4 is 0 Å². The Morgan fingerprint density at radius 1 is 0.639 bits per heavy atom. The van der Waals surface area contributed by atoms with E-state index < -0.39 is 59.8 Å². The lowest BCUT2D eigenvalue weighted by molar-refractivity contribution is -0.301. The van der Waals surface area contributed by atoms with Gasteiger partial charge in [-0.25, -0.2) is 4.18 Å². The molecule has 1 rings (SSSR count). The Morgan fingerprint density at radius 2 is 1.13 bits per heavy atom. The molecule has 0 aromatic carbocycles. The third-order valence-electron chi connectivity index (χ3n) is 10.7. The molecule has 0 aromatic heterocycles. The summed E-state index contributed by atoms with van der Waals surface area (Å²) in [6.07, 6.45) is 38.5. The first-order valence-electron chi connectivity index (χ1n) is 23.9. The molecular weight excluding hydrogens is 801 g/mol. The highest BCUT2D eigenvalue weighted by Crippen LogP contribution is 2.26. The summed E-state index contributed by atoms with van der Waals surface area (Å²) < 4.78 is 59.1. The Morgan fingerprint density at radius 3 is 1.66 bits per heavy atom. The van der Waals surface area contributed by atoms with Gasteiger partial charge in [0.2, 0.25) is 0 Å². The SMILES string of the molecule is CC/C=C\C/C=C\C/C=C\C/C=C\CCCCCCCOCC(COC1OC(CO)C(O)C(OS(=O)(=O)O)C1O)OC(=O)CCCCCCCCCCCCCCCCCC. The number of hydrogen-bond donors (Lipinski definition) is 4. The van der Waals surface area contributed by atoms with Gasteiger partial charge in [-0.1, -0.05) is 178 Å². The molecule has 0 bridgehead atoms. The topological polar surface area (TPSA) is 178 Å². The number of esters is 1. The fourth-order valence-corrected chi connectivity index (χ4v) is 7.64. The maximum Gasteiger partial charge on any atom is 0.397 e. The molecule has 0 saturated carbocycles. The molecule has 0 aliphatic carbocycles. The summed E-state index contributed by atoms with van der Waals surface area (Å²) in [5.41, 5.74) is 0. The molecule has 1 fully saturated rings. The predicted octanol–water partition coefficient (Wildman–Crippen LogP) is 10.4. The Hall–Kier alpha value is -1.94. The minimum atomic E-state index is -5.07. The van der Waals surface area contributed by atoms with Gasteiger partial charge in [0.15, 0.2) is 6.29 Å². The van der Waals surface area contributed by atoms with Crippen molar-refractivity contribution in [1.29, 1.82) is 0 Å². The summed E-state index contributed by atoms with van der Waals surface area (Å²) in [6.45, 7) is 3.84. The molecule has 1 aliphatic rings. The standard InChI is InChI=1S/C48H86O12S/c1-3-5-7-9-11-13-15-17-19-21-22-24-26-28-30-32-34-36-38-56-40-42(41-57-48-46(52)47(60-61(53,54)55)45(51)43(39-49)59-48)58-44(50)37-35-33-31-29-27-25-23-20-18-16-14-12-10-8-6-4-2/h5,7,11,13,17,19,22,24,42-43,45-49,51-52H,3-4,6,8-10,12,14-16,18,20-21,23,25-41H2,1-2H3,(H,53,54,55)/b7-5-,13-11-,19-17-,24-22-. The van der Waals surface area contributed by atoms with E-state index in [1.54, 1.807) is 0 Å². The summed E-state index contributed by atoms with van der Waals surface area (Å²) in [6, 6.07) is 0. The lowest BCUT2D eigenvalue weighted by atomic mass is 9.99. The van der Waals surface area contributed by atoms with Crippen LogP contribution in [0.3, 0.4) is 0 Å². The van der Waals surface area contributed by atoms with Crippen molar-refractivity contribution in [3.8, 4) is 0 Å². The highest BCUT2D eigenvalue weighted by molar-refractivity contribution is 7.80. The third-order valence-corrected chi connectivity index (χ3v) is 11.2. The summed E-state index contributed by atoms with van der Waals surface area (Å²) in [5.74, 6) is -0.405. The van der Waals surface area contributed by atoms with Gasteiger partial charge in [0.1, 0.15) is 30.5 Å². The van der Waals surface area contributed by atoms with Crippen LogP contribution in [0.1, 0.15) is 187 Å². The van der Waals surface area contributed by atoms with E-state index in [0.717, 1.165) is 83.5 Å². The fourth-order valence-electron chi connectivity index (χ4n) is 7.13. The highest BCUT2D eigenvalue weighted by Gasteiger charge is 2.48. The van der Waals surface area contributed by atoms with Crippen LogP contribution in [0.4, 0.5) is 0 Å². The minimum Gasteiger partial charge on any atom is -0.457 e. The summed E-state index contributed by atoms with van der Waals surface area (Å²) in [5, 5.41) is 30.7. The Kier molecular flexibility index (Phi) is 37.1. The van der Waals surface area contributed by atoms with Crippen LogP contribution in [0, 0.1) is 0 Å². The van der Waals surface area contributed by atoms with Crippen molar-refractivity contribution < 1.29 is 56.2 Å². The summed E-state index contributed by atoms with van der Waals surface area (Å²) in [7, 11) is -5.07. The van der Waals surface area contributed by atoms with Crippen molar-refractivity contribution in [2.45, 2.75) is 224 Å². The number of aliphatic hydroxyl groups is 3. The number of hydrogen-bond acceptors (Lipinski definition) is 11. The number of aliphatic hydroxyl groups excluding tert-OH is 3. The van der Waals surface area contributed by atoms with Crippen molar-refractivity contribution in [3.63, 3.8) is 0 Å².